The van der Waals surface area contributed by atoms with Crippen LogP contribution in [-0.2, 0) is 20.1 Å². The summed E-state index contributed by atoms with van der Waals surface area (Å²) in [7, 11) is 1.84. The number of aromatic nitrogens is 8. The lowest BCUT2D eigenvalue weighted by Crippen LogP contribution is -2.25. The van der Waals surface area contributed by atoms with Crippen molar-refractivity contribution >= 4 is 38.4 Å². The molecule has 5 heterocycles. The van der Waals surface area contributed by atoms with Crippen LogP contribution in [0.25, 0.3) is 21.3 Å². The van der Waals surface area contributed by atoms with Gasteiger partial charge in [0.05, 0.1) is 23.8 Å². The maximum absolute atomic E-state index is 13.0. The third kappa shape index (κ3) is 2.63. The van der Waals surface area contributed by atoms with Crippen molar-refractivity contribution in [3.8, 4) is 0 Å². The van der Waals surface area contributed by atoms with Crippen LogP contribution >= 0.6 is 11.3 Å². The topological polar surface area (TPSA) is 122 Å². The third-order valence-electron chi connectivity index (χ3n) is 4.46. The number of rotatable bonds is 4. The first-order valence-corrected chi connectivity index (χ1v) is 9.29. The predicted octanol–water partition coefficient (Wildman–Crippen LogP) is 1.01. The Bertz CT molecular complexity index is 1360. The molecular formula is C17H15N9OS. The van der Waals surface area contributed by atoms with Crippen LogP contribution in [0.3, 0.4) is 0 Å². The monoisotopic (exact) mass is 393 g/mol. The molecule has 0 fully saturated rings. The maximum Gasteiger partial charge on any atom is 0.291 e. The second kappa shape index (κ2) is 6.23. The Hall–Kier alpha value is -3.60. The zero-order valence-electron chi connectivity index (χ0n) is 14.8. The molecule has 0 aliphatic heterocycles. The van der Waals surface area contributed by atoms with Crippen LogP contribution in [0.5, 0.6) is 0 Å². The minimum Gasteiger partial charge on any atom is -0.384 e. The number of aryl methyl sites for hydroxylation is 1. The lowest BCUT2D eigenvalue weighted by molar-refractivity contribution is 0.619. The SMILES string of the molecule is Cn1c2nc(Cn3ccnc3)sc2c2cnn(Cc3nccc(N)n3)c(=O)c21. The Kier molecular flexibility index (Phi) is 3.69. The summed E-state index contributed by atoms with van der Waals surface area (Å²) in [5, 5.41) is 6.05. The molecule has 5 aromatic heterocycles. The van der Waals surface area contributed by atoms with Crippen LogP contribution in [0.1, 0.15) is 10.8 Å². The molecule has 11 heteroatoms. The fraction of sp³-hybridized carbons (Fsp3) is 0.176. The van der Waals surface area contributed by atoms with Crippen molar-refractivity contribution in [2.75, 3.05) is 5.73 Å². The number of hydrogen-bond donors (Lipinski definition) is 1. The molecule has 0 aliphatic rings. The fourth-order valence-electron chi connectivity index (χ4n) is 3.17. The van der Waals surface area contributed by atoms with Crippen LogP contribution in [0, 0.1) is 0 Å². The van der Waals surface area contributed by atoms with Crippen molar-refractivity contribution in [3.05, 3.63) is 58.4 Å². The maximum atomic E-state index is 13.0. The number of fused-ring (bicyclic) bond motifs is 3. The van der Waals surface area contributed by atoms with Gasteiger partial charge in [-0.3, -0.25) is 4.79 Å². The molecule has 0 saturated carbocycles. The van der Waals surface area contributed by atoms with Crippen molar-refractivity contribution in [2.24, 2.45) is 7.05 Å². The molecule has 140 valence electrons. The molecule has 10 nitrogen and oxygen atoms in total. The normalized spacial score (nSPS) is 11.6. The molecule has 0 aromatic carbocycles. The van der Waals surface area contributed by atoms with Gasteiger partial charge in [-0.25, -0.2) is 24.6 Å². The number of anilines is 1. The zero-order chi connectivity index (χ0) is 19.3. The van der Waals surface area contributed by atoms with Crippen LogP contribution in [0.2, 0.25) is 0 Å². The van der Waals surface area contributed by atoms with Gasteiger partial charge < -0.3 is 14.9 Å². The van der Waals surface area contributed by atoms with Gasteiger partial charge in [-0.2, -0.15) is 5.10 Å². The molecule has 0 aliphatic carbocycles. The van der Waals surface area contributed by atoms with Crippen molar-refractivity contribution in [3.63, 3.8) is 0 Å². The van der Waals surface area contributed by atoms with Crippen molar-refractivity contribution in [2.45, 2.75) is 13.1 Å². The van der Waals surface area contributed by atoms with Gasteiger partial charge in [0.1, 0.15) is 22.9 Å². The Morgan fingerprint density at radius 3 is 2.89 bits per heavy atom. The number of hydrogen-bond acceptors (Lipinski definition) is 8. The Morgan fingerprint density at radius 1 is 1.21 bits per heavy atom. The van der Waals surface area contributed by atoms with Crippen molar-refractivity contribution < 1.29 is 0 Å². The average Bonchev–Trinajstić information content (AvgIpc) is 3.37. The summed E-state index contributed by atoms with van der Waals surface area (Å²) in [4.78, 5) is 30.0. The number of thiazole rings is 1. The molecule has 2 N–H and O–H groups in total. The van der Waals surface area contributed by atoms with Crippen molar-refractivity contribution in [1.29, 1.82) is 0 Å². The predicted molar refractivity (Wildman–Crippen MR) is 105 cm³/mol. The first-order valence-electron chi connectivity index (χ1n) is 8.47. The molecule has 0 radical (unpaired) electrons. The first kappa shape index (κ1) is 16.6. The van der Waals surface area contributed by atoms with Gasteiger partial charge >= 0.3 is 0 Å². The highest BCUT2D eigenvalue weighted by Crippen LogP contribution is 2.31. The van der Waals surface area contributed by atoms with E-state index in [0.717, 1.165) is 20.7 Å². The van der Waals surface area contributed by atoms with E-state index in [2.05, 4.69) is 20.1 Å². The summed E-state index contributed by atoms with van der Waals surface area (Å²) in [6.07, 6.45) is 8.64. The van der Waals surface area contributed by atoms with Gasteiger partial charge in [0.15, 0.2) is 11.5 Å². The van der Waals surface area contributed by atoms with E-state index in [9.17, 15) is 4.79 Å². The molecule has 5 rings (SSSR count). The van der Waals surface area contributed by atoms with E-state index in [4.69, 9.17) is 10.7 Å². The Labute approximate surface area is 161 Å². The number of nitrogens with two attached hydrogens (primary N) is 1. The summed E-state index contributed by atoms with van der Waals surface area (Å²) >= 11 is 1.56. The van der Waals surface area contributed by atoms with Gasteiger partial charge in [-0.05, 0) is 6.07 Å². The molecule has 0 bridgehead atoms. The lowest BCUT2D eigenvalue weighted by atomic mass is 10.3. The fourth-order valence-corrected chi connectivity index (χ4v) is 4.29. The highest BCUT2D eigenvalue weighted by molar-refractivity contribution is 7.19. The average molecular weight is 393 g/mol. The summed E-state index contributed by atoms with van der Waals surface area (Å²) in [5.41, 5.74) is 6.80. The molecular weight excluding hydrogens is 378 g/mol. The Morgan fingerprint density at radius 2 is 2.11 bits per heavy atom. The van der Waals surface area contributed by atoms with E-state index >= 15 is 0 Å². The molecule has 0 unspecified atom stereocenters. The van der Waals surface area contributed by atoms with Crippen LogP contribution in [0.4, 0.5) is 5.82 Å². The highest BCUT2D eigenvalue weighted by atomic mass is 32.1. The van der Waals surface area contributed by atoms with E-state index < -0.39 is 0 Å². The highest BCUT2D eigenvalue weighted by Gasteiger charge is 2.18. The molecule has 0 saturated heterocycles. The lowest BCUT2D eigenvalue weighted by Gasteiger charge is -2.05. The summed E-state index contributed by atoms with van der Waals surface area (Å²) < 4.78 is 6.06. The second-order valence-corrected chi connectivity index (χ2v) is 7.41. The minimum absolute atomic E-state index is 0.151. The zero-order valence-corrected chi connectivity index (χ0v) is 15.7. The minimum atomic E-state index is -0.215. The van der Waals surface area contributed by atoms with E-state index in [-0.39, 0.29) is 12.1 Å². The quantitative estimate of drug-likeness (QED) is 0.483. The van der Waals surface area contributed by atoms with E-state index in [0.29, 0.717) is 23.7 Å². The second-order valence-electron chi connectivity index (χ2n) is 6.32. The molecule has 5 aromatic rings. The van der Waals surface area contributed by atoms with Crippen LogP contribution in [0.15, 0.2) is 42.0 Å². The van der Waals surface area contributed by atoms with E-state index in [1.807, 2.05) is 22.4 Å². The number of nitrogen functional groups attached to an aromatic ring is 1. The third-order valence-corrected chi connectivity index (χ3v) is 5.53. The van der Waals surface area contributed by atoms with E-state index in [1.165, 1.54) is 4.68 Å². The summed E-state index contributed by atoms with van der Waals surface area (Å²) in [6, 6.07) is 1.60. The van der Waals surface area contributed by atoms with Crippen LogP contribution < -0.4 is 11.3 Å². The largest absolute Gasteiger partial charge is 0.384 e. The molecule has 28 heavy (non-hydrogen) atoms. The molecule has 0 amide bonds. The standard InChI is InChI=1S/C17H15N9OS/c1-24-14-10(15-16(24)23-13(28-15)8-25-5-4-19-9-25)6-21-26(17(14)27)7-12-20-3-2-11(18)22-12/h2-6,9H,7-8H2,1H3,(H2,18,20,22). The van der Waals surface area contributed by atoms with E-state index in [1.54, 1.807) is 42.3 Å². The molecule has 0 atom stereocenters. The van der Waals surface area contributed by atoms with Gasteiger partial charge in [-0.15, -0.1) is 11.3 Å². The number of imidazole rings is 1. The Balaban J connectivity index is 1.59. The van der Waals surface area contributed by atoms with Crippen molar-refractivity contribution in [1.82, 2.24) is 38.9 Å². The number of nitrogens with zero attached hydrogens (tertiary/aromatic N) is 8. The van der Waals surface area contributed by atoms with Gasteiger partial charge in [0.2, 0.25) is 0 Å². The van der Waals surface area contributed by atoms with Gasteiger partial charge in [0, 0.05) is 31.0 Å². The summed E-state index contributed by atoms with van der Waals surface area (Å²) in [6.45, 7) is 0.788. The smallest absolute Gasteiger partial charge is 0.291 e. The van der Waals surface area contributed by atoms with Gasteiger partial charge in [0.25, 0.3) is 5.56 Å². The van der Waals surface area contributed by atoms with Gasteiger partial charge in [-0.1, -0.05) is 0 Å². The summed E-state index contributed by atoms with van der Waals surface area (Å²) in [5.74, 6) is 0.791. The molecule has 0 spiro atoms. The van der Waals surface area contributed by atoms with Crippen LogP contribution in [-0.4, -0.2) is 38.9 Å². The first-order chi connectivity index (χ1) is 13.6.